The van der Waals surface area contributed by atoms with Crippen molar-refractivity contribution in [1.82, 2.24) is 4.90 Å². The van der Waals surface area contributed by atoms with Gasteiger partial charge in [0.1, 0.15) is 0 Å². The fourth-order valence-corrected chi connectivity index (χ4v) is 2.14. The molecule has 0 aliphatic heterocycles. The molecule has 0 saturated heterocycles. The van der Waals surface area contributed by atoms with Gasteiger partial charge in [0, 0.05) is 20.1 Å². The van der Waals surface area contributed by atoms with Gasteiger partial charge in [-0.1, -0.05) is 30.3 Å². The van der Waals surface area contributed by atoms with Gasteiger partial charge in [-0.05, 0) is 25.8 Å². The van der Waals surface area contributed by atoms with Crippen LogP contribution in [0.1, 0.15) is 19.4 Å². The first kappa shape index (κ1) is 15.7. The first-order chi connectivity index (χ1) is 8.83. The third-order valence-corrected chi connectivity index (χ3v) is 2.96. The summed E-state index contributed by atoms with van der Waals surface area (Å²) in [5.74, 6) is -0.261. The number of nitrogens with two attached hydrogens (primary N) is 1. The highest BCUT2D eigenvalue weighted by Gasteiger charge is 2.25. The zero-order valence-electron chi connectivity index (χ0n) is 12.0. The molecule has 0 saturated carbocycles. The molecule has 0 radical (unpaired) electrons. The number of hydrogen-bond acceptors (Lipinski definition) is 3. The Morgan fingerprint density at radius 1 is 1.37 bits per heavy atom. The van der Waals surface area contributed by atoms with E-state index in [2.05, 4.69) is 0 Å². The lowest BCUT2D eigenvalue weighted by atomic mass is 9.97. The molecule has 0 bridgehead atoms. The molecule has 1 rings (SSSR count). The summed E-state index contributed by atoms with van der Waals surface area (Å²) < 4.78 is 0. The monoisotopic (exact) mass is 264 g/mol. The molecule has 1 amide bonds. The number of amides is 1. The van der Waals surface area contributed by atoms with E-state index >= 15 is 0 Å². The lowest BCUT2D eigenvalue weighted by molar-refractivity contribution is -0.136. The highest BCUT2D eigenvalue weighted by molar-refractivity contribution is 5.79. The fourth-order valence-electron chi connectivity index (χ4n) is 2.14. The highest BCUT2D eigenvalue weighted by atomic mass is 16.3. The summed E-state index contributed by atoms with van der Waals surface area (Å²) >= 11 is 0. The number of rotatable bonds is 6. The Morgan fingerprint density at radius 3 is 2.42 bits per heavy atom. The largest absolute Gasteiger partial charge is 0.389 e. The van der Waals surface area contributed by atoms with E-state index in [0.717, 1.165) is 5.56 Å². The van der Waals surface area contributed by atoms with E-state index < -0.39 is 5.60 Å². The summed E-state index contributed by atoms with van der Waals surface area (Å²) in [5, 5.41) is 9.76. The average Bonchev–Trinajstić information content (AvgIpc) is 2.34. The lowest BCUT2D eigenvalue weighted by Crippen LogP contribution is -2.44. The van der Waals surface area contributed by atoms with Gasteiger partial charge in [0.2, 0.25) is 5.91 Å². The second-order valence-corrected chi connectivity index (χ2v) is 5.63. The molecule has 106 valence electrons. The molecule has 0 heterocycles. The molecule has 4 heteroatoms. The van der Waals surface area contributed by atoms with Gasteiger partial charge in [-0.2, -0.15) is 0 Å². The SMILES string of the molecule is CN(CC(C)(C)O)C(=O)C(CN)Cc1ccccc1. The number of aliphatic hydroxyl groups is 1. The summed E-state index contributed by atoms with van der Waals surface area (Å²) in [7, 11) is 1.70. The molecule has 1 unspecified atom stereocenters. The topological polar surface area (TPSA) is 66.6 Å². The van der Waals surface area contributed by atoms with Crippen LogP contribution < -0.4 is 5.73 Å². The maximum absolute atomic E-state index is 12.3. The Morgan fingerprint density at radius 2 is 1.95 bits per heavy atom. The summed E-state index contributed by atoms with van der Waals surface area (Å²) in [4.78, 5) is 13.8. The summed E-state index contributed by atoms with van der Waals surface area (Å²) in [6.07, 6.45) is 0.631. The molecule has 3 N–H and O–H groups in total. The van der Waals surface area contributed by atoms with Crippen molar-refractivity contribution in [1.29, 1.82) is 0 Å². The van der Waals surface area contributed by atoms with Gasteiger partial charge in [0.25, 0.3) is 0 Å². The first-order valence-electron chi connectivity index (χ1n) is 6.55. The van der Waals surface area contributed by atoms with Crippen LogP contribution in [0.3, 0.4) is 0 Å². The molecule has 0 spiro atoms. The van der Waals surface area contributed by atoms with Crippen LogP contribution in [0.2, 0.25) is 0 Å². The van der Waals surface area contributed by atoms with Gasteiger partial charge >= 0.3 is 0 Å². The number of likely N-dealkylation sites (N-methyl/N-ethyl adjacent to an activating group) is 1. The summed E-state index contributed by atoms with van der Waals surface area (Å²) in [5.41, 5.74) is 5.92. The molecule has 1 aromatic carbocycles. The number of nitrogens with zero attached hydrogens (tertiary/aromatic N) is 1. The minimum absolute atomic E-state index is 0.0199. The van der Waals surface area contributed by atoms with Crippen LogP contribution in [0.25, 0.3) is 0 Å². The predicted octanol–water partition coefficient (Wildman–Crippen LogP) is 1.03. The second-order valence-electron chi connectivity index (χ2n) is 5.63. The van der Waals surface area contributed by atoms with Crippen molar-refractivity contribution in [2.45, 2.75) is 25.9 Å². The molecule has 0 aliphatic rings. The smallest absolute Gasteiger partial charge is 0.227 e. The van der Waals surface area contributed by atoms with Gasteiger partial charge in [-0.3, -0.25) is 4.79 Å². The minimum Gasteiger partial charge on any atom is -0.389 e. The predicted molar refractivity (Wildman–Crippen MR) is 76.6 cm³/mol. The summed E-state index contributed by atoms with van der Waals surface area (Å²) in [6, 6.07) is 9.84. The maximum atomic E-state index is 12.3. The molecule has 19 heavy (non-hydrogen) atoms. The van der Waals surface area contributed by atoms with Gasteiger partial charge < -0.3 is 15.7 Å². The lowest BCUT2D eigenvalue weighted by Gasteiger charge is -2.28. The first-order valence-corrected chi connectivity index (χ1v) is 6.55. The van der Waals surface area contributed by atoms with Crippen molar-refractivity contribution in [2.24, 2.45) is 11.7 Å². The number of carbonyl (C=O) groups is 1. The molecule has 1 atom stereocenters. The summed E-state index contributed by atoms with van der Waals surface area (Å²) in [6.45, 7) is 3.98. The number of hydrogen-bond donors (Lipinski definition) is 2. The normalized spacial score (nSPS) is 13.1. The minimum atomic E-state index is -0.893. The Bertz CT molecular complexity index is 398. The quantitative estimate of drug-likeness (QED) is 0.806. The third kappa shape index (κ3) is 5.41. The maximum Gasteiger partial charge on any atom is 0.227 e. The molecule has 1 aromatic rings. The van der Waals surface area contributed by atoms with E-state index in [9.17, 15) is 9.90 Å². The molecule has 0 fully saturated rings. The standard InChI is InChI=1S/C15H24N2O2/c1-15(2,19)11-17(3)14(18)13(10-16)9-12-7-5-4-6-8-12/h4-8,13,19H,9-11,16H2,1-3H3. The van der Waals surface area contributed by atoms with Gasteiger partial charge in [-0.25, -0.2) is 0 Å². The Hall–Kier alpha value is -1.39. The van der Waals surface area contributed by atoms with Crippen LogP contribution in [0, 0.1) is 5.92 Å². The van der Waals surface area contributed by atoms with E-state index in [4.69, 9.17) is 5.73 Å². The Labute approximate surface area is 115 Å². The number of carbonyl (C=O) groups excluding carboxylic acids is 1. The molecular formula is C15H24N2O2. The van der Waals surface area contributed by atoms with E-state index in [1.54, 1.807) is 25.8 Å². The van der Waals surface area contributed by atoms with Crippen molar-refractivity contribution in [2.75, 3.05) is 20.1 Å². The van der Waals surface area contributed by atoms with Crippen molar-refractivity contribution in [3.63, 3.8) is 0 Å². The van der Waals surface area contributed by atoms with Crippen LogP contribution in [-0.4, -0.2) is 41.7 Å². The van der Waals surface area contributed by atoms with Gasteiger partial charge in [0.15, 0.2) is 0 Å². The van der Waals surface area contributed by atoms with E-state index in [1.807, 2.05) is 30.3 Å². The van der Waals surface area contributed by atoms with Crippen LogP contribution in [0.4, 0.5) is 0 Å². The Balaban J connectivity index is 2.66. The van der Waals surface area contributed by atoms with Crippen molar-refractivity contribution >= 4 is 5.91 Å². The van der Waals surface area contributed by atoms with E-state index in [1.165, 1.54) is 0 Å². The van der Waals surface area contributed by atoms with Crippen LogP contribution in [0.5, 0.6) is 0 Å². The molecule has 4 nitrogen and oxygen atoms in total. The van der Waals surface area contributed by atoms with Gasteiger partial charge in [0.05, 0.1) is 11.5 Å². The zero-order valence-corrected chi connectivity index (χ0v) is 12.0. The van der Waals surface area contributed by atoms with E-state index in [-0.39, 0.29) is 11.8 Å². The number of benzene rings is 1. The van der Waals surface area contributed by atoms with Gasteiger partial charge in [-0.15, -0.1) is 0 Å². The van der Waals surface area contributed by atoms with Crippen molar-refractivity contribution in [3.05, 3.63) is 35.9 Å². The average molecular weight is 264 g/mol. The molecule has 0 aliphatic carbocycles. The van der Waals surface area contributed by atoms with E-state index in [0.29, 0.717) is 19.5 Å². The zero-order chi connectivity index (χ0) is 14.5. The van der Waals surface area contributed by atoms with Crippen LogP contribution >= 0.6 is 0 Å². The van der Waals surface area contributed by atoms with Crippen LogP contribution in [-0.2, 0) is 11.2 Å². The van der Waals surface area contributed by atoms with Crippen molar-refractivity contribution in [3.8, 4) is 0 Å². The second kappa shape index (κ2) is 6.68. The molecular weight excluding hydrogens is 240 g/mol. The van der Waals surface area contributed by atoms with Crippen molar-refractivity contribution < 1.29 is 9.90 Å². The fraction of sp³-hybridized carbons (Fsp3) is 0.533. The molecule has 0 aromatic heterocycles. The third-order valence-electron chi connectivity index (χ3n) is 2.96. The Kier molecular flexibility index (Phi) is 5.51. The highest BCUT2D eigenvalue weighted by Crippen LogP contribution is 2.12. The van der Waals surface area contributed by atoms with Crippen LogP contribution in [0.15, 0.2) is 30.3 Å².